The van der Waals surface area contributed by atoms with Gasteiger partial charge < -0.3 is 15.8 Å². The third kappa shape index (κ3) is 3.25. The van der Waals surface area contributed by atoms with Crippen molar-refractivity contribution >= 4 is 0 Å². The Morgan fingerprint density at radius 3 is 2.54 bits per heavy atom. The molecule has 3 heteroatoms. The summed E-state index contributed by atoms with van der Waals surface area (Å²) in [5, 5.41) is 3.50. The van der Waals surface area contributed by atoms with Gasteiger partial charge in [-0.2, -0.15) is 0 Å². The van der Waals surface area contributed by atoms with E-state index >= 15 is 0 Å². The number of nitrogens with two attached hydrogens (primary N) is 1. The van der Waals surface area contributed by atoms with Crippen LogP contribution in [0.15, 0.2) is 0 Å². The predicted octanol–water partition coefficient (Wildman–Crippen LogP) is 0.737. The van der Waals surface area contributed by atoms with E-state index in [0.717, 1.165) is 19.4 Å². The molecular weight excluding hydrogens is 164 g/mol. The van der Waals surface area contributed by atoms with E-state index in [1.54, 1.807) is 7.11 Å². The van der Waals surface area contributed by atoms with E-state index in [2.05, 4.69) is 19.2 Å². The largest absolute Gasteiger partial charge is 0.381 e. The lowest BCUT2D eigenvalue weighted by atomic mass is 9.88. The molecule has 0 heterocycles. The van der Waals surface area contributed by atoms with Crippen LogP contribution in [0.4, 0.5) is 0 Å². The lowest BCUT2D eigenvalue weighted by Gasteiger charge is -2.35. The summed E-state index contributed by atoms with van der Waals surface area (Å²) >= 11 is 0. The molecule has 2 atom stereocenters. The molecule has 3 nitrogen and oxygen atoms in total. The van der Waals surface area contributed by atoms with Gasteiger partial charge in [-0.05, 0) is 32.2 Å². The van der Waals surface area contributed by atoms with E-state index in [9.17, 15) is 0 Å². The van der Waals surface area contributed by atoms with Crippen LogP contribution in [0, 0.1) is 5.92 Å². The fourth-order valence-electron chi connectivity index (χ4n) is 1.46. The molecule has 13 heavy (non-hydrogen) atoms. The third-order valence-corrected chi connectivity index (χ3v) is 3.05. The fraction of sp³-hybridized carbons (Fsp3) is 1.00. The molecule has 0 aromatic rings. The Labute approximate surface area is 81.0 Å². The van der Waals surface area contributed by atoms with Crippen LogP contribution in [0.5, 0.6) is 0 Å². The summed E-state index contributed by atoms with van der Waals surface area (Å²) < 4.78 is 5.21. The maximum Gasteiger partial charge on any atom is 0.0601 e. The second kappa shape index (κ2) is 4.94. The Balaban J connectivity index is 2.02. The van der Waals surface area contributed by atoms with Crippen LogP contribution in [0.25, 0.3) is 0 Å². The van der Waals surface area contributed by atoms with Gasteiger partial charge in [0.15, 0.2) is 0 Å². The van der Waals surface area contributed by atoms with E-state index in [1.807, 2.05) is 0 Å². The molecule has 1 fully saturated rings. The van der Waals surface area contributed by atoms with Crippen LogP contribution in [0.3, 0.4) is 0 Å². The first kappa shape index (κ1) is 11.0. The van der Waals surface area contributed by atoms with E-state index in [-0.39, 0.29) is 6.04 Å². The maximum atomic E-state index is 5.77. The Morgan fingerprint density at radius 1 is 1.46 bits per heavy atom. The molecule has 1 aliphatic carbocycles. The first-order valence-corrected chi connectivity index (χ1v) is 5.15. The van der Waals surface area contributed by atoms with Crippen LogP contribution in [-0.2, 0) is 4.74 Å². The van der Waals surface area contributed by atoms with E-state index in [1.165, 1.54) is 0 Å². The average Bonchev–Trinajstić information content (AvgIpc) is 2.01. The Bertz CT molecular complexity index is 144. The van der Waals surface area contributed by atoms with Crippen LogP contribution in [0.2, 0.25) is 0 Å². The molecule has 3 N–H and O–H groups in total. The van der Waals surface area contributed by atoms with Crippen molar-refractivity contribution in [2.45, 2.75) is 44.9 Å². The van der Waals surface area contributed by atoms with Crippen LogP contribution >= 0.6 is 0 Å². The smallest absolute Gasteiger partial charge is 0.0601 e. The van der Waals surface area contributed by atoms with Gasteiger partial charge in [0.2, 0.25) is 0 Å². The van der Waals surface area contributed by atoms with E-state index < -0.39 is 0 Å². The second-order valence-corrected chi connectivity index (χ2v) is 4.27. The number of ether oxygens (including phenoxy) is 1. The van der Waals surface area contributed by atoms with Gasteiger partial charge in [-0.15, -0.1) is 0 Å². The molecule has 0 saturated heterocycles. The van der Waals surface area contributed by atoms with E-state index in [4.69, 9.17) is 10.5 Å². The predicted molar refractivity (Wildman–Crippen MR) is 54.6 cm³/mol. The van der Waals surface area contributed by atoms with Crippen molar-refractivity contribution in [2.75, 3.05) is 13.7 Å². The van der Waals surface area contributed by atoms with Crippen molar-refractivity contribution in [3.8, 4) is 0 Å². The van der Waals surface area contributed by atoms with Crippen LogP contribution < -0.4 is 11.1 Å². The minimum Gasteiger partial charge on any atom is -0.381 e. The van der Waals surface area contributed by atoms with Crippen molar-refractivity contribution in [1.82, 2.24) is 5.32 Å². The first-order chi connectivity index (χ1) is 6.13. The molecule has 2 unspecified atom stereocenters. The zero-order chi connectivity index (χ0) is 9.84. The summed E-state index contributed by atoms with van der Waals surface area (Å²) in [6, 6.07) is 0.942. The number of nitrogens with one attached hydrogen (secondary N) is 1. The third-order valence-electron chi connectivity index (χ3n) is 3.05. The van der Waals surface area contributed by atoms with Gasteiger partial charge in [0.25, 0.3) is 0 Å². The van der Waals surface area contributed by atoms with Crippen molar-refractivity contribution in [3.05, 3.63) is 0 Å². The quantitative estimate of drug-likeness (QED) is 0.665. The monoisotopic (exact) mass is 186 g/mol. The summed E-state index contributed by atoms with van der Waals surface area (Å²) in [7, 11) is 1.78. The molecule has 1 aliphatic rings. The molecule has 0 spiro atoms. The van der Waals surface area contributed by atoms with Gasteiger partial charge in [-0.3, -0.25) is 0 Å². The zero-order valence-electron chi connectivity index (χ0n) is 8.92. The van der Waals surface area contributed by atoms with Crippen molar-refractivity contribution in [2.24, 2.45) is 11.7 Å². The molecular formula is C10H22N2O. The summed E-state index contributed by atoms with van der Waals surface area (Å²) in [6.45, 7) is 5.27. The molecule has 0 aromatic heterocycles. The summed E-state index contributed by atoms with van der Waals surface area (Å²) in [6.07, 6.45) is 2.80. The molecule has 1 saturated carbocycles. The highest BCUT2D eigenvalue weighted by atomic mass is 16.5. The Kier molecular flexibility index (Phi) is 4.16. The SMILES string of the molecule is COC1CC(NCC(C)C(C)N)C1. The topological polar surface area (TPSA) is 47.3 Å². The molecule has 1 rings (SSSR count). The number of methoxy groups -OCH3 is 1. The number of rotatable bonds is 5. The summed E-state index contributed by atoms with van der Waals surface area (Å²) in [4.78, 5) is 0. The van der Waals surface area contributed by atoms with Crippen molar-refractivity contribution < 1.29 is 4.74 Å². The molecule has 0 aromatic carbocycles. The highest BCUT2D eigenvalue weighted by molar-refractivity contribution is 4.86. The standard InChI is InChI=1S/C10H22N2O/c1-7(8(2)11)6-12-9-4-10(5-9)13-3/h7-10,12H,4-6,11H2,1-3H3. The van der Waals surface area contributed by atoms with Crippen molar-refractivity contribution in [3.63, 3.8) is 0 Å². The highest BCUT2D eigenvalue weighted by Gasteiger charge is 2.28. The lowest BCUT2D eigenvalue weighted by molar-refractivity contribution is 0.0165. The minimum atomic E-state index is 0.283. The second-order valence-electron chi connectivity index (χ2n) is 4.27. The van der Waals surface area contributed by atoms with Crippen LogP contribution in [0.1, 0.15) is 26.7 Å². The van der Waals surface area contributed by atoms with Gasteiger partial charge in [-0.1, -0.05) is 6.92 Å². The number of hydrogen-bond donors (Lipinski definition) is 2. The maximum absolute atomic E-state index is 5.77. The Hall–Kier alpha value is -0.120. The minimum absolute atomic E-state index is 0.283. The van der Waals surface area contributed by atoms with Gasteiger partial charge in [0.05, 0.1) is 6.10 Å². The Morgan fingerprint density at radius 2 is 2.08 bits per heavy atom. The van der Waals surface area contributed by atoms with Crippen molar-refractivity contribution in [1.29, 1.82) is 0 Å². The van der Waals surface area contributed by atoms with E-state index in [0.29, 0.717) is 18.1 Å². The summed E-state index contributed by atoms with van der Waals surface area (Å²) in [5.74, 6) is 0.557. The van der Waals surface area contributed by atoms with Gasteiger partial charge >= 0.3 is 0 Å². The fourth-order valence-corrected chi connectivity index (χ4v) is 1.46. The highest BCUT2D eigenvalue weighted by Crippen LogP contribution is 2.22. The van der Waals surface area contributed by atoms with Crippen LogP contribution in [-0.4, -0.2) is 31.8 Å². The molecule has 0 amide bonds. The van der Waals surface area contributed by atoms with Gasteiger partial charge in [0.1, 0.15) is 0 Å². The first-order valence-electron chi connectivity index (χ1n) is 5.15. The molecule has 0 aliphatic heterocycles. The zero-order valence-corrected chi connectivity index (χ0v) is 8.92. The molecule has 0 radical (unpaired) electrons. The molecule has 78 valence electrons. The molecule has 0 bridgehead atoms. The van der Waals surface area contributed by atoms with Gasteiger partial charge in [-0.25, -0.2) is 0 Å². The normalized spacial score (nSPS) is 32.3. The van der Waals surface area contributed by atoms with Gasteiger partial charge in [0, 0.05) is 19.2 Å². The summed E-state index contributed by atoms with van der Waals surface area (Å²) in [5.41, 5.74) is 5.77. The lowest BCUT2D eigenvalue weighted by Crippen LogP contribution is -2.47. The average molecular weight is 186 g/mol. The number of hydrogen-bond acceptors (Lipinski definition) is 3.